The zero-order chi connectivity index (χ0) is 25.8. The third-order valence-electron chi connectivity index (χ3n) is 8.20. The number of halogens is 1. The Morgan fingerprint density at radius 1 is 1.14 bits per heavy atom. The van der Waals surface area contributed by atoms with Gasteiger partial charge in [0.15, 0.2) is 0 Å². The van der Waals surface area contributed by atoms with E-state index in [0.29, 0.717) is 22.8 Å². The standard InChI is InChI=1S/C27H30ClN3O5/c1-15-13-27-21(20(26(15,3)36-27)23(33)29-17-9-5-4-6-10-17)25(35)31(16(2)14-32)22(27)24(34)30-19-12-8-7-11-18(19)28/h4-12,15-16,20-22,32H,13-14H2,1-3H3,(H,29,33)(H,30,34)/t15?,16-,20-,21+,22?,26+,27?/m1/s1. The molecule has 2 aromatic rings. The summed E-state index contributed by atoms with van der Waals surface area (Å²) in [6, 6.07) is 14.2. The van der Waals surface area contributed by atoms with Gasteiger partial charge >= 0.3 is 0 Å². The largest absolute Gasteiger partial charge is 0.394 e. The van der Waals surface area contributed by atoms with Crippen LogP contribution in [-0.2, 0) is 19.1 Å². The first-order chi connectivity index (χ1) is 17.1. The number of hydrogen-bond acceptors (Lipinski definition) is 5. The van der Waals surface area contributed by atoms with Gasteiger partial charge in [0.2, 0.25) is 17.7 Å². The summed E-state index contributed by atoms with van der Waals surface area (Å²) in [5.74, 6) is -2.90. The van der Waals surface area contributed by atoms with Crippen molar-refractivity contribution >= 4 is 40.7 Å². The molecule has 1 spiro atoms. The first kappa shape index (κ1) is 24.7. The summed E-state index contributed by atoms with van der Waals surface area (Å²) in [6.07, 6.45) is 0.435. The Labute approximate surface area is 215 Å². The predicted octanol–water partition coefficient (Wildman–Crippen LogP) is 3.31. The van der Waals surface area contributed by atoms with Gasteiger partial charge in [-0.3, -0.25) is 14.4 Å². The van der Waals surface area contributed by atoms with Crippen LogP contribution in [0.4, 0.5) is 11.4 Å². The molecule has 3 saturated heterocycles. The van der Waals surface area contributed by atoms with Crippen LogP contribution in [0.15, 0.2) is 54.6 Å². The average molecular weight is 512 g/mol. The Morgan fingerprint density at radius 3 is 2.47 bits per heavy atom. The van der Waals surface area contributed by atoms with Gasteiger partial charge in [0, 0.05) is 5.69 Å². The number of benzene rings is 2. The minimum atomic E-state index is -1.21. The van der Waals surface area contributed by atoms with Crippen LogP contribution in [-0.4, -0.2) is 57.6 Å². The summed E-state index contributed by atoms with van der Waals surface area (Å²) in [5.41, 5.74) is -1.11. The normalized spacial score (nSPS) is 33.4. The third-order valence-corrected chi connectivity index (χ3v) is 8.53. The van der Waals surface area contributed by atoms with Crippen molar-refractivity contribution in [3.8, 4) is 0 Å². The molecule has 36 heavy (non-hydrogen) atoms. The van der Waals surface area contributed by atoms with E-state index >= 15 is 0 Å². The predicted molar refractivity (Wildman–Crippen MR) is 135 cm³/mol. The van der Waals surface area contributed by atoms with Crippen molar-refractivity contribution in [3.63, 3.8) is 0 Å². The molecule has 5 rings (SSSR count). The second-order valence-corrected chi connectivity index (χ2v) is 10.7. The highest BCUT2D eigenvalue weighted by Gasteiger charge is 2.80. The fourth-order valence-electron chi connectivity index (χ4n) is 6.44. The molecule has 3 heterocycles. The summed E-state index contributed by atoms with van der Waals surface area (Å²) in [5, 5.41) is 16.1. The van der Waals surface area contributed by atoms with E-state index in [1.807, 2.05) is 32.0 Å². The number of ether oxygens (including phenoxy) is 1. The van der Waals surface area contributed by atoms with Gasteiger partial charge < -0.3 is 25.4 Å². The Bertz CT molecular complexity index is 1210. The number of nitrogens with zero attached hydrogens (tertiary/aromatic N) is 1. The number of fused-ring (bicyclic) bond motifs is 1. The third kappa shape index (κ3) is 3.54. The molecule has 3 fully saturated rings. The number of carbonyl (C=O) groups excluding carboxylic acids is 3. The van der Waals surface area contributed by atoms with Gasteiger partial charge in [-0.15, -0.1) is 0 Å². The topological polar surface area (TPSA) is 108 Å². The summed E-state index contributed by atoms with van der Waals surface area (Å²) < 4.78 is 6.65. The minimum Gasteiger partial charge on any atom is -0.394 e. The summed E-state index contributed by atoms with van der Waals surface area (Å²) in [6.45, 7) is 5.19. The molecule has 0 saturated carbocycles. The SMILES string of the molecule is CC1CC23O[C@]1(C)[C@@H](C(=O)Nc1ccccc1)[C@H]2C(=O)N([C@H](C)CO)C3C(=O)Nc1ccccc1Cl. The van der Waals surface area contributed by atoms with E-state index in [-0.39, 0.29) is 24.3 Å². The van der Waals surface area contributed by atoms with Gasteiger partial charge in [0.1, 0.15) is 11.6 Å². The molecule has 0 aromatic heterocycles. The highest BCUT2D eigenvalue weighted by molar-refractivity contribution is 6.33. The number of anilines is 2. The maximum Gasteiger partial charge on any atom is 0.250 e. The highest BCUT2D eigenvalue weighted by atomic mass is 35.5. The molecule has 3 N–H and O–H groups in total. The summed E-state index contributed by atoms with van der Waals surface area (Å²) in [4.78, 5) is 42.9. The van der Waals surface area contributed by atoms with Crippen LogP contribution >= 0.6 is 11.6 Å². The lowest BCUT2D eigenvalue weighted by Gasteiger charge is -2.36. The molecule has 0 radical (unpaired) electrons. The van der Waals surface area contributed by atoms with E-state index in [2.05, 4.69) is 10.6 Å². The highest BCUT2D eigenvalue weighted by Crippen LogP contribution is 2.65. The van der Waals surface area contributed by atoms with E-state index in [4.69, 9.17) is 16.3 Å². The molecule has 7 atom stereocenters. The van der Waals surface area contributed by atoms with Crippen LogP contribution in [0.1, 0.15) is 27.2 Å². The average Bonchev–Trinajstić information content (AvgIpc) is 3.37. The van der Waals surface area contributed by atoms with Gasteiger partial charge in [0.25, 0.3) is 0 Å². The summed E-state index contributed by atoms with van der Waals surface area (Å²) >= 11 is 6.29. The number of carbonyl (C=O) groups is 3. The van der Waals surface area contributed by atoms with Crippen molar-refractivity contribution in [1.82, 2.24) is 4.90 Å². The number of nitrogens with one attached hydrogen (secondary N) is 2. The number of likely N-dealkylation sites (tertiary alicyclic amines) is 1. The molecule has 190 valence electrons. The van der Waals surface area contributed by atoms with Crippen molar-refractivity contribution in [3.05, 3.63) is 59.6 Å². The van der Waals surface area contributed by atoms with Gasteiger partial charge in [-0.05, 0) is 50.5 Å². The molecule has 3 unspecified atom stereocenters. The van der Waals surface area contributed by atoms with Crippen LogP contribution in [0, 0.1) is 17.8 Å². The van der Waals surface area contributed by atoms with Crippen LogP contribution in [0.2, 0.25) is 5.02 Å². The van der Waals surface area contributed by atoms with Crippen molar-refractivity contribution in [2.75, 3.05) is 17.2 Å². The van der Waals surface area contributed by atoms with Crippen molar-refractivity contribution in [2.45, 2.75) is 50.5 Å². The van der Waals surface area contributed by atoms with Crippen molar-refractivity contribution in [2.24, 2.45) is 17.8 Å². The Morgan fingerprint density at radius 2 is 1.81 bits per heavy atom. The van der Waals surface area contributed by atoms with E-state index in [0.717, 1.165) is 0 Å². The Kier molecular flexibility index (Phi) is 6.09. The molecule has 0 aliphatic carbocycles. The fourth-order valence-corrected chi connectivity index (χ4v) is 6.63. The number of aliphatic hydroxyl groups is 1. The molecular weight excluding hydrogens is 482 g/mol. The summed E-state index contributed by atoms with van der Waals surface area (Å²) in [7, 11) is 0. The number of rotatable bonds is 6. The molecule has 2 bridgehead atoms. The Balaban J connectivity index is 1.56. The molecule has 3 amide bonds. The van der Waals surface area contributed by atoms with Crippen LogP contribution in [0.5, 0.6) is 0 Å². The second-order valence-electron chi connectivity index (χ2n) is 10.3. The van der Waals surface area contributed by atoms with Gasteiger partial charge in [-0.2, -0.15) is 0 Å². The molecule has 2 aromatic carbocycles. The number of aliphatic hydroxyl groups excluding tert-OH is 1. The minimum absolute atomic E-state index is 0.0898. The van der Waals surface area contributed by atoms with Gasteiger partial charge in [-0.25, -0.2) is 0 Å². The number of amides is 3. The molecule has 8 nitrogen and oxygen atoms in total. The van der Waals surface area contributed by atoms with Crippen molar-refractivity contribution < 1.29 is 24.2 Å². The lowest BCUT2D eigenvalue weighted by molar-refractivity contribution is -0.147. The first-order valence-electron chi connectivity index (χ1n) is 12.2. The quantitative estimate of drug-likeness (QED) is 0.551. The first-order valence-corrected chi connectivity index (χ1v) is 12.6. The molecule has 9 heteroatoms. The van der Waals surface area contributed by atoms with Gasteiger partial charge in [-0.1, -0.05) is 48.9 Å². The molecule has 3 aliphatic rings. The molecule has 3 aliphatic heterocycles. The lowest BCUT2D eigenvalue weighted by Crippen LogP contribution is -2.56. The van der Waals surface area contributed by atoms with E-state index in [1.165, 1.54) is 4.90 Å². The number of para-hydroxylation sites is 2. The van der Waals surface area contributed by atoms with E-state index in [9.17, 15) is 19.5 Å². The lowest BCUT2D eigenvalue weighted by atomic mass is 9.62. The van der Waals surface area contributed by atoms with E-state index in [1.54, 1.807) is 43.3 Å². The maximum atomic E-state index is 14.0. The van der Waals surface area contributed by atoms with Crippen LogP contribution < -0.4 is 10.6 Å². The van der Waals surface area contributed by atoms with E-state index < -0.39 is 41.0 Å². The fraction of sp³-hybridized carbons (Fsp3) is 0.444. The Hall–Kier alpha value is -2.94. The molecular formula is C27H30ClN3O5. The van der Waals surface area contributed by atoms with Gasteiger partial charge in [0.05, 0.1) is 40.8 Å². The van der Waals surface area contributed by atoms with Crippen molar-refractivity contribution in [1.29, 1.82) is 0 Å². The van der Waals surface area contributed by atoms with Crippen LogP contribution in [0.25, 0.3) is 0 Å². The monoisotopic (exact) mass is 511 g/mol. The maximum absolute atomic E-state index is 14.0. The number of hydrogen-bond donors (Lipinski definition) is 3. The zero-order valence-electron chi connectivity index (χ0n) is 20.4. The smallest absolute Gasteiger partial charge is 0.250 e. The zero-order valence-corrected chi connectivity index (χ0v) is 21.2. The van der Waals surface area contributed by atoms with Crippen LogP contribution in [0.3, 0.4) is 0 Å². The second kappa shape index (κ2) is 8.87.